The van der Waals surface area contributed by atoms with E-state index in [1.165, 1.54) is 0 Å². The van der Waals surface area contributed by atoms with Gasteiger partial charge in [-0.15, -0.1) is 0 Å². The van der Waals surface area contributed by atoms with Crippen LogP contribution >= 0.6 is 0 Å². The average molecular weight is 218 g/mol. The van der Waals surface area contributed by atoms with Gasteiger partial charge in [-0.3, -0.25) is 0 Å². The number of fused-ring (bicyclic) bond motifs is 1. The molecule has 0 saturated carbocycles. The summed E-state index contributed by atoms with van der Waals surface area (Å²) in [6.07, 6.45) is -0.807. The normalized spacial score (nSPS) is 44.0. The standard InChI is InChI=1S/C10H18O5/c1-10(2)14-7-6(11-3)5-13-9(12-4)8(7)15-10/h6-9H,5H2,1-4H3/t6-,7+,8-,9-/m1/s1. The van der Waals surface area contributed by atoms with E-state index in [0.29, 0.717) is 6.61 Å². The van der Waals surface area contributed by atoms with E-state index in [1.807, 2.05) is 13.8 Å². The quantitative estimate of drug-likeness (QED) is 0.676. The zero-order valence-electron chi connectivity index (χ0n) is 9.56. The number of hydrogen-bond donors (Lipinski definition) is 0. The van der Waals surface area contributed by atoms with E-state index in [-0.39, 0.29) is 24.6 Å². The third-order valence-corrected chi connectivity index (χ3v) is 2.76. The van der Waals surface area contributed by atoms with Gasteiger partial charge in [-0.05, 0) is 13.8 Å². The molecule has 0 N–H and O–H groups in total. The monoisotopic (exact) mass is 218 g/mol. The lowest BCUT2D eigenvalue weighted by Crippen LogP contribution is -2.52. The Hall–Kier alpha value is -0.200. The second-order valence-corrected chi connectivity index (χ2v) is 4.28. The molecule has 2 saturated heterocycles. The van der Waals surface area contributed by atoms with Crippen molar-refractivity contribution in [1.82, 2.24) is 0 Å². The molecule has 0 radical (unpaired) electrons. The van der Waals surface area contributed by atoms with Gasteiger partial charge >= 0.3 is 0 Å². The molecule has 2 fully saturated rings. The van der Waals surface area contributed by atoms with Crippen LogP contribution in [0.3, 0.4) is 0 Å². The molecule has 2 aliphatic heterocycles. The van der Waals surface area contributed by atoms with Gasteiger partial charge in [0.05, 0.1) is 6.61 Å². The molecule has 88 valence electrons. The molecule has 0 aromatic heterocycles. The van der Waals surface area contributed by atoms with Gasteiger partial charge in [0.15, 0.2) is 12.1 Å². The molecule has 2 heterocycles. The van der Waals surface area contributed by atoms with Crippen LogP contribution in [0.4, 0.5) is 0 Å². The zero-order valence-corrected chi connectivity index (χ0v) is 9.56. The van der Waals surface area contributed by atoms with Crippen LogP contribution in [0.5, 0.6) is 0 Å². The fourth-order valence-corrected chi connectivity index (χ4v) is 2.10. The third kappa shape index (κ3) is 2.03. The molecule has 0 unspecified atom stereocenters. The predicted molar refractivity (Wildman–Crippen MR) is 51.4 cm³/mol. The summed E-state index contributed by atoms with van der Waals surface area (Å²) in [6, 6.07) is 0. The van der Waals surface area contributed by atoms with Gasteiger partial charge in [0, 0.05) is 14.2 Å². The lowest BCUT2D eigenvalue weighted by molar-refractivity contribution is -0.240. The smallest absolute Gasteiger partial charge is 0.186 e. The van der Waals surface area contributed by atoms with Crippen LogP contribution in [0.2, 0.25) is 0 Å². The minimum Gasteiger partial charge on any atom is -0.376 e. The predicted octanol–water partition coefficient (Wildman–Crippen LogP) is 0.524. The Morgan fingerprint density at radius 2 is 1.73 bits per heavy atom. The Balaban J connectivity index is 2.14. The third-order valence-electron chi connectivity index (χ3n) is 2.76. The van der Waals surface area contributed by atoms with E-state index >= 15 is 0 Å². The van der Waals surface area contributed by atoms with Gasteiger partial charge in [-0.25, -0.2) is 0 Å². The molecular formula is C10H18O5. The summed E-state index contributed by atoms with van der Waals surface area (Å²) in [4.78, 5) is 0. The first-order valence-corrected chi connectivity index (χ1v) is 5.10. The molecule has 0 bridgehead atoms. The van der Waals surface area contributed by atoms with Crippen molar-refractivity contribution in [2.24, 2.45) is 0 Å². The summed E-state index contributed by atoms with van der Waals surface area (Å²) in [5, 5.41) is 0. The lowest BCUT2D eigenvalue weighted by atomic mass is 10.1. The second kappa shape index (κ2) is 3.99. The second-order valence-electron chi connectivity index (χ2n) is 4.28. The van der Waals surface area contributed by atoms with Gasteiger partial charge in [-0.1, -0.05) is 0 Å². The highest BCUT2D eigenvalue weighted by molar-refractivity contribution is 4.92. The van der Waals surface area contributed by atoms with E-state index in [4.69, 9.17) is 23.7 Å². The van der Waals surface area contributed by atoms with Crippen LogP contribution < -0.4 is 0 Å². The number of rotatable bonds is 2. The first-order valence-electron chi connectivity index (χ1n) is 5.10. The molecule has 5 nitrogen and oxygen atoms in total. The van der Waals surface area contributed by atoms with Crippen molar-refractivity contribution in [3.63, 3.8) is 0 Å². The fraction of sp³-hybridized carbons (Fsp3) is 1.00. The maximum Gasteiger partial charge on any atom is 0.186 e. The molecule has 0 aliphatic carbocycles. The van der Waals surface area contributed by atoms with E-state index in [2.05, 4.69) is 0 Å². The van der Waals surface area contributed by atoms with E-state index in [9.17, 15) is 0 Å². The highest BCUT2D eigenvalue weighted by atomic mass is 16.8. The van der Waals surface area contributed by atoms with Crippen molar-refractivity contribution in [2.45, 2.75) is 44.2 Å². The summed E-state index contributed by atoms with van der Waals surface area (Å²) in [7, 11) is 3.25. The van der Waals surface area contributed by atoms with Crippen molar-refractivity contribution in [2.75, 3.05) is 20.8 Å². The van der Waals surface area contributed by atoms with Crippen LogP contribution in [0.1, 0.15) is 13.8 Å². The summed E-state index contributed by atoms with van der Waals surface area (Å²) in [5.74, 6) is -0.601. The Morgan fingerprint density at radius 3 is 2.33 bits per heavy atom. The van der Waals surface area contributed by atoms with Crippen molar-refractivity contribution in [3.8, 4) is 0 Å². The molecular weight excluding hydrogens is 200 g/mol. The highest BCUT2D eigenvalue weighted by Crippen LogP contribution is 2.36. The van der Waals surface area contributed by atoms with Gasteiger partial charge < -0.3 is 23.7 Å². The van der Waals surface area contributed by atoms with Crippen LogP contribution in [0.15, 0.2) is 0 Å². The number of ether oxygens (including phenoxy) is 5. The minimum absolute atomic E-state index is 0.0943. The number of methoxy groups -OCH3 is 2. The van der Waals surface area contributed by atoms with Crippen LogP contribution in [0, 0.1) is 0 Å². The molecule has 5 heteroatoms. The lowest BCUT2D eigenvalue weighted by Gasteiger charge is -2.35. The van der Waals surface area contributed by atoms with Crippen molar-refractivity contribution in [1.29, 1.82) is 0 Å². The maximum absolute atomic E-state index is 5.78. The Labute approximate surface area is 89.6 Å². The summed E-state index contributed by atoms with van der Waals surface area (Å²) in [5.41, 5.74) is 0. The average Bonchev–Trinajstić information content (AvgIpc) is 2.51. The first-order chi connectivity index (χ1) is 7.07. The van der Waals surface area contributed by atoms with Crippen molar-refractivity contribution >= 4 is 0 Å². The molecule has 2 aliphatic rings. The Bertz CT molecular complexity index is 208. The minimum atomic E-state index is -0.601. The molecule has 0 aromatic rings. The summed E-state index contributed by atoms with van der Waals surface area (Å²) < 4.78 is 27.5. The van der Waals surface area contributed by atoms with Gasteiger partial charge in [-0.2, -0.15) is 0 Å². The fourth-order valence-electron chi connectivity index (χ4n) is 2.10. The van der Waals surface area contributed by atoms with Crippen LogP contribution in [0.25, 0.3) is 0 Å². The van der Waals surface area contributed by atoms with E-state index in [0.717, 1.165) is 0 Å². The van der Waals surface area contributed by atoms with Gasteiger partial charge in [0.25, 0.3) is 0 Å². The number of hydrogen-bond acceptors (Lipinski definition) is 5. The van der Waals surface area contributed by atoms with Gasteiger partial charge in [0.2, 0.25) is 0 Å². The highest BCUT2D eigenvalue weighted by Gasteiger charge is 2.52. The molecule has 2 rings (SSSR count). The summed E-state index contributed by atoms with van der Waals surface area (Å²) in [6.45, 7) is 4.23. The topological polar surface area (TPSA) is 46.2 Å². The molecule has 0 spiro atoms. The largest absolute Gasteiger partial charge is 0.376 e. The maximum atomic E-state index is 5.78. The van der Waals surface area contributed by atoms with Crippen molar-refractivity contribution in [3.05, 3.63) is 0 Å². The molecule has 0 aromatic carbocycles. The van der Waals surface area contributed by atoms with Gasteiger partial charge in [0.1, 0.15) is 18.3 Å². The Kier molecular flexibility index (Phi) is 3.00. The van der Waals surface area contributed by atoms with E-state index in [1.54, 1.807) is 14.2 Å². The zero-order chi connectivity index (χ0) is 11.1. The SMILES string of the molecule is CO[C@@H]1OC[C@@H](OC)[C@@H]2OC(C)(C)O[C@@H]12. The summed E-state index contributed by atoms with van der Waals surface area (Å²) >= 11 is 0. The molecule has 0 amide bonds. The first kappa shape index (κ1) is 11.3. The molecule has 15 heavy (non-hydrogen) atoms. The molecule has 4 atom stereocenters. The van der Waals surface area contributed by atoms with Crippen molar-refractivity contribution < 1.29 is 23.7 Å². The van der Waals surface area contributed by atoms with Crippen LogP contribution in [-0.4, -0.2) is 51.2 Å². The van der Waals surface area contributed by atoms with Crippen LogP contribution in [-0.2, 0) is 23.7 Å². The van der Waals surface area contributed by atoms with E-state index < -0.39 is 5.79 Å². The Morgan fingerprint density at radius 1 is 1.07 bits per heavy atom.